The van der Waals surface area contributed by atoms with Gasteiger partial charge in [0.15, 0.2) is 0 Å². The summed E-state index contributed by atoms with van der Waals surface area (Å²) in [6, 6.07) is 0. The lowest BCUT2D eigenvalue weighted by Gasteiger charge is -2.25. The highest BCUT2D eigenvalue weighted by Gasteiger charge is 2.14. The van der Waals surface area contributed by atoms with Crippen LogP contribution in [-0.2, 0) is 0 Å². The second kappa shape index (κ2) is 3.91. The molecule has 3 nitrogen and oxygen atoms in total. The minimum atomic E-state index is -0.132. The zero-order valence-corrected chi connectivity index (χ0v) is 6.31. The first-order chi connectivity index (χ1) is 4.79. The van der Waals surface area contributed by atoms with E-state index in [0.29, 0.717) is 12.5 Å². The van der Waals surface area contributed by atoms with Gasteiger partial charge in [0.05, 0.1) is 6.54 Å². The van der Waals surface area contributed by atoms with Crippen molar-refractivity contribution in [2.24, 2.45) is 11.8 Å². The Kier molecular flexibility index (Phi) is 3.12. The molecule has 3 heteroatoms. The predicted molar refractivity (Wildman–Crippen MR) is 40.0 cm³/mol. The third-order valence-corrected chi connectivity index (χ3v) is 2.21. The van der Waals surface area contributed by atoms with Crippen molar-refractivity contribution in [2.45, 2.75) is 32.1 Å². The molecule has 0 radical (unpaired) electrons. The maximum Gasteiger partial charge on any atom is 0.0970 e. The largest absolute Gasteiger partial charge is 0.613 e. The maximum absolute atomic E-state index is 10.5. The summed E-state index contributed by atoms with van der Waals surface area (Å²) in [4.78, 5) is 0. The van der Waals surface area contributed by atoms with Gasteiger partial charge in [-0.25, -0.2) is 0 Å². The molecule has 1 fully saturated rings. The normalized spacial score (nSPS) is 24.6. The van der Waals surface area contributed by atoms with Gasteiger partial charge in [0.1, 0.15) is 0 Å². The third kappa shape index (κ3) is 2.64. The van der Waals surface area contributed by atoms with Gasteiger partial charge in [-0.05, 0) is 12.8 Å². The van der Waals surface area contributed by atoms with E-state index in [4.69, 9.17) is 5.84 Å². The van der Waals surface area contributed by atoms with Crippen molar-refractivity contribution in [1.82, 2.24) is 0 Å². The van der Waals surface area contributed by atoms with E-state index in [1.165, 1.54) is 32.1 Å². The summed E-state index contributed by atoms with van der Waals surface area (Å²) in [6.07, 6.45) is 6.34. The van der Waals surface area contributed by atoms with Gasteiger partial charge in [-0.2, -0.15) is 5.84 Å². The molecule has 1 aliphatic carbocycles. The lowest BCUT2D eigenvalue weighted by Crippen LogP contribution is -3.13. The smallest absolute Gasteiger partial charge is 0.0970 e. The summed E-state index contributed by atoms with van der Waals surface area (Å²) in [5.41, 5.74) is 0. The van der Waals surface area contributed by atoms with Crippen LogP contribution in [-0.4, -0.2) is 6.54 Å². The summed E-state index contributed by atoms with van der Waals surface area (Å²) in [5.74, 6) is 5.69. The Morgan fingerprint density at radius 1 is 1.30 bits per heavy atom. The van der Waals surface area contributed by atoms with Gasteiger partial charge in [0.25, 0.3) is 0 Å². The Hall–Kier alpha value is -0.120. The molecule has 60 valence electrons. The van der Waals surface area contributed by atoms with Gasteiger partial charge < -0.3 is 5.21 Å². The molecule has 0 bridgehead atoms. The van der Waals surface area contributed by atoms with Gasteiger partial charge in [0, 0.05) is 5.92 Å². The highest BCUT2D eigenvalue weighted by atomic mass is 16.5. The van der Waals surface area contributed by atoms with Gasteiger partial charge in [-0.3, -0.25) is 5.17 Å². The van der Waals surface area contributed by atoms with E-state index in [9.17, 15) is 5.21 Å². The fraction of sp³-hybridized carbons (Fsp3) is 1.00. The summed E-state index contributed by atoms with van der Waals surface area (Å²) < 4.78 is 0. The van der Waals surface area contributed by atoms with Crippen LogP contribution < -0.4 is 11.0 Å². The van der Waals surface area contributed by atoms with Crippen molar-refractivity contribution in [3.63, 3.8) is 0 Å². The first-order valence-corrected chi connectivity index (χ1v) is 4.07. The molecular weight excluding hydrogens is 128 g/mol. The number of hydrogen-bond donors (Lipinski definition) is 2. The van der Waals surface area contributed by atoms with Crippen LogP contribution in [0.5, 0.6) is 0 Å². The van der Waals surface area contributed by atoms with E-state index >= 15 is 0 Å². The minimum absolute atomic E-state index is 0.132. The van der Waals surface area contributed by atoms with Gasteiger partial charge in [-0.1, -0.05) is 19.3 Å². The second-order valence-electron chi connectivity index (χ2n) is 3.17. The van der Waals surface area contributed by atoms with Crippen LogP contribution in [0.3, 0.4) is 0 Å². The van der Waals surface area contributed by atoms with Crippen LogP contribution in [0, 0.1) is 11.1 Å². The van der Waals surface area contributed by atoms with Gasteiger partial charge in [0.2, 0.25) is 0 Å². The molecular formula is C7H16N2O. The van der Waals surface area contributed by atoms with Crippen molar-refractivity contribution < 1.29 is 5.17 Å². The second-order valence-corrected chi connectivity index (χ2v) is 3.17. The highest BCUT2D eigenvalue weighted by molar-refractivity contribution is 4.63. The van der Waals surface area contributed by atoms with E-state index in [0.717, 1.165) is 0 Å². The fourth-order valence-corrected chi connectivity index (χ4v) is 1.68. The molecule has 1 aliphatic rings. The Morgan fingerprint density at radius 2 is 1.90 bits per heavy atom. The molecule has 1 unspecified atom stereocenters. The average Bonchev–Trinajstić information content (AvgIpc) is 1.88. The molecule has 10 heavy (non-hydrogen) atoms. The zero-order chi connectivity index (χ0) is 7.40. The number of hydroxylamine groups is 1. The van der Waals surface area contributed by atoms with Crippen LogP contribution in [0.4, 0.5) is 0 Å². The predicted octanol–water partition coefficient (Wildman–Crippen LogP) is -0.177. The fourth-order valence-electron chi connectivity index (χ4n) is 1.68. The van der Waals surface area contributed by atoms with Crippen molar-refractivity contribution in [3.05, 3.63) is 5.21 Å². The summed E-state index contributed by atoms with van der Waals surface area (Å²) in [7, 11) is 0. The van der Waals surface area contributed by atoms with E-state index in [-0.39, 0.29) is 5.17 Å². The first-order valence-electron chi connectivity index (χ1n) is 4.07. The monoisotopic (exact) mass is 144 g/mol. The van der Waals surface area contributed by atoms with Crippen LogP contribution in [0.2, 0.25) is 0 Å². The molecule has 3 N–H and O–H groups in total. The number of quaternary nitrogens is 1. The van der Waals surface area contributed by atoms with Gasteiger partial charge in [-0.15, -0.1) is 0 Å². The number of nitrogens with two attached hydrogens (primary N) is 1. The first kappa shape index (κ1) is 7.98. The standard InChI is InChI=1S/C7H16N2O/c8-9(10)6-7-4-2-1-3-5-7/h7,9H,1-6,8H2. The van der Waals surface area contributed by atoms with Gasteiger partial charge >= 0.3 is 0 Å². The molecule has 1 rings (SSSR count). The van der Waals surface area contributed by atoms with Crippen LogP contribution in [0.15, 0.2) is 0 Å². The molecule has 0 aromatic heterocycles. The average molecular weight is 144 g/mol. The summed E-state index contributed by atoms with van der Waals surface area (Å²) >= 11 is 0. The number of nitrogens with one attached hydrogen (secondary N) is 1. The van der Waals surface area contributed by atoms with E-state index in [1.54, 1.807) is 0 Å². The van der Waals surface area contributed by atoms with Crippen molar-refractivity contribution in [2.75, 3.05) is 6.54 Å². The molecule has 0 amide bonds. The highest BCUT2D eigenvalue weighted by Crippen LogP contribution is 2.21. The molecule has 0 heterocycles. The van der Waals surface area contributed by atoms with Crippen molar-refractivity contribution in [1.29, 1.82) is 0 Å². The topological polar surface area (TPSA) is 53.5 Å². The SMILES string of the molecule is N[NH+]([O-])CC1CCCCC1. The maximum atomic E-state index is 10.5. The Labute approximate surface area is 61.7 Å². The van der Waals surface area contributed by atoms with E-state index < -0.39 is 0 Å². The summed E-state index contributed by atoms with van der Waals surface area (Å²) in [6.45, 7) is 0.611. The molecule has 1 atom stereocenters. The molecule has 0 aromatic rings. The molecule has 0 aliphatic heterocycles. The van der Waals surface area contributed by atoms with Crippen molar-refractivity contribution in [3.8, 4) is 0 Å². The zero-order valence-electron chi connectivity index (χ0n) is 6.31. The Morgan fingerprint density at radius 3 is 2.40 bits per heavy atom. The van der Waals surface area contributed by atoms with E-state index in [2.05, 4.69) is 0 Å². The lowest BCUT2D eigenvalue weighted by atomic mass is 9.89. The number of rotatable bonds is 2. The number of hydrogen-bond acceptors (Lipinski definition) is 2. The third-order valence-electron chi connectivity index (χ3n) is 2.21. The summed E-state index contributed by atoms with van der Waals surface area (Å²) in [5, 5.41) is 10.4. The quantitative estimate of drug-likeness (QED) is 0.417. The van der Waals surface area contributed by atoms with Crippen molar-refractivity contribution >= 4 is 0 Å². The van der Waals surface area contributed by atoms with Crippen LogP contribution >= 0.6 is 0 Å². The molecule has 1 saturated carbocycles. The molecule has 0 saturated heterocycles. The van der Waals surface area contributed by atoms with Crippen LogP contribution in [0.1, 0.15) is 32.1 Å². The van der Waals surface area contributed by atoms with Crippen LogP contribution in [0.25, 0.3) is 0 Å². The molecule has 0 spiro atoms. The Bertz CT molecular complexity index is 89.6. The molecule has 0 aromatic carbocycles. The lowest BCUT2D eigenvalue weighted by molar-refractivity contribution is -0.864. The minimum Gasteiger partial charge on any atom is -0.613 e. The van der Waals surface area contributed by atoms with E-state index in [1.807, 2.05) is 0 Å². The Balaban J connectivity index is 2.13.